The summed E-state index contributed by atoms with van der Waals surface area (Å²) in [5.74, 6) is -6.38. The van der Waals surface area contributed by atoms with E-state index in [1.165, 1.54) is 24.5 Å². The minimum atomic E-state index is -1.34. The number of amides is 10. The molecule has 10 amide bonds. The molecule has 12 atom stereocenters. The number of hydrogen-bond donors (Lipinski definition) is 7. The quantitative estimate of drug-likeness (QED) is 0.150. The van der Waals surface area contributed by atoms with Gasteiger partial charge in [-0.1, -0.05) is 114 Å². The summed E-state index contributed by atoms with van der Waals surface area (Å²) in [4.78, 5) is 159. The van der Waals surface area contributed by atoms with Crippen LogP contribution in [0.2, 0.25) is 0 Å². The molecule has 7 N–H and O–H groups in total. The first-order valence-corrected chi connectivity index (χ1v) is 34.0. The van der Waals surface area contributed by atoms with Gasteiger partial charge in [0.15, 0.2) is 0 Å². The first-order valence-electron chi connectivity index (χ1n) is 33.2. The van der Waals surface area contributed by atoms with Gasteiger partial charge in [-0.2, -0.15) is 0 Å². The van der Waals surface area contributed by atoms with Crippen molar-refractivity contribution < 1.29 is 53.1 Å². The van der Waals surface area contributed by atoms with Crippen LogP contribution < -0.4 is 31.9 Å². The Morgan fingerprint density at radius 3 is 1.46 bits per heavy atom. The lowest BCUT2D eigenvalue weighted by molar-refractivity contribution is -0.150. The maximum Gasteiger partial charge on any atom is 0.247 e. The van der Waals surface area contributed by atoms with Gasteiger partial charge in [-0.15, -0.1) is 0 Å². The van der Waals surface area contributed by atoms with Crippen molar-refractivity contribution in [2.75, 3.05) is 31.5 Å². The highest BCUT2D eigenvalue weighted by molar-refractivity contribution is 9.10. The van der Waals surface area contributed by atoms with Crippen molar-refractivity contribution in [2.24, 2.45) is 23.7 Å². The van der Waals surface area contributed by atoms with E-state index < -0.39 is 143 Å². The molecule has 0 bridgehead atoms. The maximum atomic E-state index is 16.0. The lowest BCUT2D eigenvalue weighted by atomic mass is 9.77. The molecule has 22 nitrogen and oxygen atoms in total. The van der Waals surface area contributed by atoms with E-state index in [0.29, 0.717) is 43.4 Å². The number of benzene rings is 2. The average Bonchev–Trinajstić information content (AvgIpc) is 1.55. The first-order chi connectivity index (χ1) is 43.1. The van der Waals surface area contributed by atoms with E-state index in [0.717, 1.165) is 10.0 Å². The van der Waals surface area contributed by atoms with Crippen LogP contribution in [0.5, 0.6) is 0 Å². The monoisotopic (exact) mass is 1320 g/mol. The van der Waals surface area contributed by atoms with E-state index in [9.17, 15) is 29.1 Å². The normalized spacial score (nSPS) is 30.3. The van der Waals surface area contributed by atoms with Gasteiger partial charge >= 0.3 is 0 Å². The fraction of sp³-hybridized carbons (Fsp3) is 0.647. The molecule has 0 saturated carbocycles. The highest BCUT2D eigenvalue weighted by Crippen LogP contribution is 2.53. The third kappa shape index (κ3) is 15.1. The summed E-state index contributed by atoms with van der Waals surface area (Å²) in [5.41, 5.74) is -0.357. The Morgan fingerprint density at radius 1 is 0.527 bits per heavy atom. The van der Waals surface area contributed by atoms with Crippen LogP contribution in [0.4, 0.5) is 5.69 Å². The van der Waals surface area contributed by atoms with Crippen molar-refractivity contribution in [3.05, 3.63) is 76.3 Å². The number of nitrogens with one attached hydrogen (secondary N) is 6. The number of aliphatic hydroxyl groups is 1. The van der Waals surface area contributed by atoms with Crippen molar-refractivity contribution in [1.29, 1.82) is 0 Å². The topological polar surface area (TPSA) is 279 Å². The molecule has 91 heavy (non-hydrogen) atoms. The summed E-state index contributed by atoms with van der Waals surface area (Å²) in [6.07, 6.45) is 5.97. The second kappa shape index (κ2) is 28.5. The molecule has 2 aromatic carbocycles. The number of hydrogen-bond acceptors (Lipinski definition) is 12. The lowest BCUT2D eigenvalue weighted by Crippen LogP contribution is -2.62. The molecule has 2 aromatic rings. The summed E-state index contributed by atoms with van der Waals surface area (Å²) in [5, 5.41) is 29.9. The molecule has 6 fully saturated rings. The molecule has 496 valence electrons. The Hall–Kier alpha value is -6.88. The molecule has 0 unspecified atom stereocenters. The molecule has 0 aromatic heterocycles. The van der Waals surface area contributed by atoms with Crippen LogP contribution in [0, 0.1) is 23.7 Å². The molecule has 23 heteroatoms. The first kappa shape index (κ1) is 68.5. The second-order valence-electron chi connectivity index (χ2n) is 28.5. The van der Waals surface area contributed by atoms with Crippen LogP contribution >= 0.6 is 15.9 Å². The van der Waals surface area contributed by atoms with E-state index >= 15 is 24.0 Å². The van der Waals surface area contributed by atoms with Crippen molar-refractivity contribution in [1.82, 2.24) is 51.1 Å². The number of carbonyl (C=O) groups is 10. The zero-order valence-electron chi connectivity index (χ0n) is 54.6. The number of fused-ring (bicyclic) bond motifs is 9. The smallest absolute Gasteiger partial charge is 0.247 e. The van der Waals surface area contributed by atoms with Gasteiger partial charge < -0.3 is 61.5 Å². The summed E-state index contributed by atoms with van der Waals surface area (Å²) in [6, 6.07) is 3.57. The third-order valence-corrected chi connectivity index (χ3v) is 19.7. The molecular weight excluding hydrogens is 1230 g/mol. The summed E-state index contributed by atoms with van der Waals surface area (Å²) < 4.78 is 0.724. The van der Waals surface area contributed by atoms with Crippen molar-refractivity contribution in [3.63, 3.8) is 0 Å². The fourth-order valence-electron chi connectivity index (χ4n) is 14.8. The molecule has 7 heterocycles. The molecule has 0 radical (unpaired) electrons. The predicted molar refractivity (Wildman–Crippen MR) is 346 cm³/mol. The van der Waals surface area contributed by atoms with E-state index in [4.69, 9.17) is 0 Å². The van der Waals surface area contributed by atoms with E-state index in [2.05, 4.69) is 47.8 Å². The Morgan fingerprint density at radius 2 is 0.967 bits per heavy atom. The van der Waals surface area contributed by atoms with E-state index in [1.807, 2.05) is 96.1 Å². The Balaban J connectivity index is 1.13. The number of anilines is 1. The number of halogens is 1. The second-order valence-corrected chi connectivity index (χ2v) is 29.5. The Labute approximate surface area is 544 Å². The van der Waals surface area contributed by atoms with Crippen LogP contribution in [0.25, 0.3) is 0 Å². The number of carbonyl (C=O) groups excluding carboxylic acids is 10. The predicted octanol–water partition coefficient (Wildman–Crippen LogP) is 4.81. The molecule has 7 aliphatic rings. The molecule has 7 aliphatic heterocycles. The van der Waals surface area contributed by atoms with Crippen molar-refractivity contribution in [3.8, 4) is 0 Å². The standard InChI is InChI=1S/C68H96BrN11O11/c1-38(2)32-46-56(81)71-49(35-42-18-12-11-13-19-42)63(88)77-29-15-21-51(77)58(83)72-47(33-39(3)4)61(86)76-28-14-20-50(76)57(82)73-48(34-40(5)6)62(87)78-30-16-22-52(78)59(84)75-55(41(7)8)65(90)79-31-17-23-53(79)64(89)80-54(60(85)70-46)37-68(27-26-67(9,10)91)44-36-43(69)24-25-45(44)74-66(68)80/h11-13,18-19,24-27,36,38-41,46-55,66,74,91H,14-17,20-23,28-35,37H2,1-10H3,(H,70,85)(H,71,81)(H,72,83)(H,73,82)(H,75,84)/b27-26+/t46-,47-,48-,49-,50-,51-,52-,53-,54-,55-,66-,68+/m0/s1. The summed E-state index contributed by atoms with van der Waals surface area (Å²) >= 11 is 3.65. The third-order valence-electron chi connectivity index (χ3n) is 19.2. The summed E-state index contributed by atoms with van der Waals surface area (Å²) in [6.45, 7) is 19.1. The highest BCUT2D eigenvalue weighted by atomic mass is 79.9. The van der Waals surface area contributed by atoms with Crippen LogP contribution in [0.1, 0.15) is 157 Å². The van der Waals surface area contributed by atoms with E-state index in [1.54, 1.807) is 33.8 Å². The van der Waals surface area contributed by atoms with Crippen molar-refractivity contribution >= 4 is 80.7 Å². The van der Waals surface area contributed by atoms with Gasteiger partial charge in [-0.25, -0.2) is 0 Å². The molecule has 0 spiro atoms. The number of rotatable bonds is 11. The fourth-order valence-corrected chi connectivity index (χ4v) is 15.2. The molecule has 9 rings (SSSR count). The van der Waals surface area contributed by atoms with Crippen LogP contribution in [-0.2, 0) is 59.8 Å². The van der Waals surface area contributed by atoms with Crippen LogP contribution in [0.3, 0.4) is 0 Å². The number of nitrogens with zero attached hydrogens (tertiary/aromatic N) is 5. The largest absolute Gasteiger partial charge is 0.386 e. The van der Waals surface area contributed by atoms with Crippen LogP contribution in [-0.4, -0.2) is 187 Å². The zero-order valence-corrected chi connectivity index (χ0v) is 56.2. The van der Waals surface area contributed by atoms with Crippen LogP contribution in [0.15, 0.2) is 65.2 Å². The average molecular weight is 1320 g/mol. The lowest BCUT2D eigenvalue weighted by Gasteiger charge is -2.37. The summed E-state index contributed by atoms with van der Waals surface area (Å²) in [7, 11) is 0. The minimum absolute atomic E-state index is 0.0201. The zero-order chi connectivity index (χ0) is 66.0. The van der Waals surface area contributed by atoms with Crippen molar-refractivity contribution in [2.45, 2.75) is 230 Å². The SMILES string of the molecule is CC(C)C[C@@H]1NC(=O)[C@@H]2C[C@]3(/C=C/C(C)(C)O)c4cc(Br)ccc4N[C@H]3N2C(=O)[C@@H]2CCCN2C(=O)[C@H](C(C)C)NC(=O)[C@@H]2CCCN2C(=O)[C@H](CC(C)C)NC(=O)[C@@H]2CCCN2C(=O)[C@H](CC(C)C)NC(=O)[C@@H]2CCCN2C(=O)[C@H](Cc2ccccc2)NC1=O. The van der Waals surface area contributed by atoms with Gasteiger partial charge in [-0.3, -0.25) is 47.9 Å². The molecule has 6 saturated heterocycles. The van der Waals surface area contributed by atoms with Gasteiger partial charge in [0.05, 0.1) is 11.0 Å². The minimum Gasteiger partial charge on any atom is -0.386 e. The Kier molecular flexibility index (Phi) is 21.5. The Bertz CT molecular complexity index is 3120. The highest BCUT2D eigenvalue weighted by Gasteiger charge is 2.61. The van der Waals surface area contributed by atoms with Gasteiger partial charge in [0.1, 0.15) is 66.6 Å². The van der Waals surface area contributed by atoms with Gasteiger partial charge in [0.25, 0.3) is 0 Å². The molecule has 0 aliphatic carbocycles. The van der Waals surface area contributed by atoms with E-state index in [-0.39, 0.29) is 95.3 Å². The van der Waals surface area contributed by atoms with Gasteiger partial charge in [0.2, 0.25) is 59.1 Å². The van der Waals surface area contributed by atoms with Gasteiger partial charge in [-0.05, 0) is 144 Å². The molecular formula is C68H96BrN11O11. The maximum absolute atomic E-state index is 16.0. The van der Waals surface area contributed by atoms with Gasteiger partial charge in [0, 0.05) is 42.8 Å².